The van der Waals surface area contributed by atoms with Crippen molar-refractivity contribution in [1.82, 2.24) is 15.1 Å². The number of piperidine rings is 1. The fraction of sp³-hybridized carbons (Fsp3) is 0.382. The van der Waals surface area contributed by atoms with E-state index < -0.39 is 23.7 Å². The van der Waals surface area contributed by atoms with E-state index in [2.05, 4.69) is 16.3 Å². The number of nitriles is 1. The van der Waals surface area contributed by atoms with Gasteiger partial charge in [0.25, 0.3) is 11.8 Å². The van der Waals surface area contributed by atoms with Crippen LogP contribution in [-0.2, 0) is 19.1 Å². The lowest BCUT2D eigenvalue weighted by molar-refractivity contribution is -0.137. The van der Waals surface area contributed by atoms with Gasteiger partial charge in [0.15, 0.2) is 0 Å². The van der Waals surface area contributed by atoms with Gasteiger partial charge in [0.05, 0.1) is 33.8 Å². The first-order chi connectivity index (χ1) is 21.0. The zero-order valence-electron chi connectivity index (χ0n) is 24.1. The minimum absolute atomic E-state index is 0.0482. The molecule has 44 heavy (non-hydrogen) atoms. The molecule has 1 N–H and O–H groups in total. The smallest absolute Gasteiger partial charge is 0.345 e. The Bertz CT molecular complexity index is 1640. The molecule has 1 atom stereocenters. The summed E-state index contributed by atoms with van der Waals surface area (Å²) in [6, 6.07) is 17.8. The van der Waals surface area contributed by atoms with Gasteiger partial charge in [0, 0.05) is 25.2 Å². The van der Waals surface area contributed by atoms with E-state index in [1.807, 2.05) is 47.4 Å². The molecule has 3 aromatic carbocycles. The third-order valence-corrected chi connectivity index (χ3v) is 9.82. The predicted octanol–water partition coefficient (Wildman–Crippen LogP) is 6.78. The van der Waals surface area contributed by atoms with Crippen molar-refractivity contribution in [2.75, 3.05) is 26.2 Å². The quantitative estimate of drug-likeness (QED) is 0.341. The summed E-state index contributed by atoms with van der Waals surface area (Å²) >= 11 is 6.09. The summed E-state index contributed by atoms with van der Waals surface area (Å²) in [4.78, 5) is 31.0. The summed E-state index contributed by atoms with van der Waals surface area (Å²) in [5, 5.41) is 12.2. The molecule has 2 aliphatic heterocycles. The number of carbonyl (C=O) groups is 2. The summed E-state index contributed by atoms with van der Waals surface area (Å²) < 4.78 is 39.7. The molecule has 2 heterocycles. The topological polar surface area (TPSA) is 76.4 Å². The third-order valence-electron chi connectivity index (χ3n) is 9.49. The van der Waals surface area contributed by atoms with Gasteiger partial charge < -0.3 is 10.2 Å². The number of nitrogens with one attached hydrogen (secondary N) is 1. The fourth-order valence-corrected chi connectivity index (χ4v) is 7.09. The molecule has 1 unspecified atom stereocenters. The lowest BCUT2D eigenvalue weighted by Crippen LogP contribution is -2.42. The summed E-state index contributed by atoms with van der Waals surface area (Å²) in [5.41, 5.74) is 3.02. The highest BCUT2D eigenvalue weighted by molar-refractivity contribution is 6.33. The highest BCUT2D eigenvalue weighted by atomic mass is 35.5. The molecule has 1 aliphatic carbocycles. The van der Waals surface area contributed by atoms with Crippen molar-refractivity contribution in [3.05, 3.63) is 105 Å². The van der Waals surface area contributed by atoms with Gasteiger partial charge in [-0.3, -0.25) is 14.5 Å². The van der Waals surface area contributed by atoms with Crippen LogP contribution in [0.5, 0.6) is 0 Å². The maximum atomic E-state index is 13.6. The Morgan fingerprint density at radius 3 is 2.52 bits per heavy atom. The van der Waals surface area contributed by atoms with Crippen molar-refractivity contribution in [3.63, 3.8) is 0 Å². The molecule has 0 radical (unpaired) electrons. The number of amides is 2. The second kappa shape index (κ2) is 11.9. The number of carbonyl (C=O) groups excluding carboxylic acids is 2. The van der Waals surface area contributed by atoms with Crippen LogP contribution in [0.3, 0.4) is 0 Å². The molecule has 6 rings (SSSR count). The van der Waals surface area contributed by atoms with E-state index in [-0.39, 0.29) is 21.9 Å². The Morgan fingerprint density at radius 2 is 1.77 bits per heavy atom. The van der Waals surface area contributed by atoms with Crippen LogP contribution in [-0.4, -0.2) is 47.8 Å². The Morgan fingerprint density at radius 1 is 1.02 bits per heavy atom. The van der Waals surface area contributed by atoms with Crippen LogP contribution in [0.4, 0.5) is 13.2 Å². The first-order valence-electron chi connectivity index (χ1n) is 14.9. The van der Waals surface area contributed by atoms with Crippen LogP contribution >= 0.6 is 11.6 Å². The Labute approximate surface area is 259 Å². The maximum absolute atomic E-state index is 13.6. The van der Waals surface area contributed by atoms with Crippen molar-refractivity contribution >= 4 is 23.4 Å². The van der Waals surface area contributed by atoms with Crippen molar-refractivity contribution < 1.29 is 22.8 Å². The highest BCUT2D eigenvalue weighted by Crippen LogP contribution is 2.42. The molecule has 6 nitrogen and oxygen atoms in total. The maximum Gasteiger partial charge on any atom is 0.416 e. The van der Waals surface area contributed by atoms with Crippen molar-refractivity contribution in [2.45, 2.75) is 50.9 Å². The van der Waals surface area contributed by atoms with Gasteiger partial charge in [-0.05, 0) is 104 Å². The molecule has 2 saturated heterocycles. The molecule has 2 fully saturated rings. The van der Waals surface area contributed by atoms with Gasteiger partial charge >= 0.3 is 6.18 Å². The lowest BCUT2D eigenvalue weighted by atomic mass is 9.77. The second-order valence-electron chi connectivity index (χ2n) is 12.2. The van der Waals surface area contributed by atoms with Gasteiger partial charge in [0.2, 0.25) is 0 Å². The normalized spacial score (nSPS) is 19.5. The number of likely N-dealkylation sites (tertiary alicyclic amines) is 2. The van der Waals surface area contributed by atoms with Crippen molar-refractivity contribution in [3.8, 4) is 6.07 Å². The van der Waals surface area contributed by atoms with Crippen LogP contribution in [0.15, 0.2) is 60.7 Å². The first kappa shape index (κ1) is 30.2. The van der Waals surface area contributed by atoms with Crippen molar-refractivity contribution in [1.29, 1.82) is 5.26 Å². The molecule has 3 aromatic rings. The predicted molar refractivity (Wildman–Crippen MR) is 160 cm³/mol. The summed E-state index contributed by atoms with van der Waals surface area (Å²) in [5.74, 6) is -0.729. The molecule has 0 aromatic heterocycles. The van der Waals surface area contributed by atoms with Crippen LogP contribution in [0, 0.1) is 16.7 Å². The Balaban J connectivity index is 1.09. The van der Waals surface area contributed by atoms with Gasteiger partial charge in [-0.2, -0.15) is 18.4 Å². The van der Waals surface area contributed by atoms with Gasteiger partial charge in [-0.1, -0.05) is 35.9 Å². The molecular weight excluding hydrogens is 589 g/mol. The summed E-state index contributed by atoms with van der Waals surface area (Å²) in [6.45, 7) is 3.95. The zero-order chi connectivity index (χ0) is 31.1. The van der Waals surface area contributed by atoms with E-state index in [0.29, 0.717) is 37.1 Å². The molecule has 0 bridgehead atoms. The lowest BCUT2D eigenvalue weighted by Gasteiger charge is -2.39. The van der Waals surface area contributed by atoms with Crippen LogP contribution < -0.4 is 5.32 Å². The molecule has 2 amide bonds. The van der Waals surface area contributed by atoms with E-state index in [9.17, 15) is 28.0 Å². The van der Waals surface area contributed by atoms with E-state index in [1.54, 1.807) is 0 Å². The van der Waals surface area contributed by atoms with E-state index >= 15 is 0 Å². The van der Waals surface area contributed by atoms with E-state index in [4.69, 9.17) is 11.6 Å². The van der Waals surface area contributed by atoms with Crippen LogP contribution in [0.25, 0.3) is 0 Å². The third kappa shape index (κ3) is 6.06. The van der Waals surface area contributed by atoms with Gasteiger partial charge in [-0.15, -0.1) is 0 Å². The average molecular weight is 621 g/mol. The van der Waals surface area contributed by atoms with Crippen LogP contribution in [0.1, 0.15) is 80.3 Å². The van der Waals surface area contributed by atoms with Crippen molar-refractivity contribution in [2.24, 2.45) is 5.41 Å². The first-order valence-corrected chi connectivity index (χ1v) is 15.2. The Hall–Kier alpha value is -3.87. The monoisotopic (exact) mass is 620 g/mol. The number of halogens is 4. The molecular formula is C34H32ClF3N4O2. The van der Waals surface area contributed by atoms with E-state index in [0.717, 1.165) is 73.8 Å². The molecule has 0 saturated carbocycles. The minimum atomic E-state index is -4.59. The summed E-state index contributed by atoms with van der Waals surface area (Å²) in [7, 11) is 0. The zero-order valence-corrected chi connectivity index (χ0v) is 24.8. The summed E-state index contributed by atoms with van der Waals surface area (Å²) in [6.07, 6.45) is -0.401. The van der Waals surface area contributed by atoms with Gasteiger partial charge in [0.1, 0.15) is 0 Å². The molecule has 10 heteroatoms. The number of aryl methyl sites for hydroxylation is 1. The average Bonchev–Trinajstić information content (AvgIpc) is 3.62. The molecule has 228 valence electrons. The fourth-order valence-electron chi connectivity index (χ4n) is 6.89. The number of rotatable bonds is 5. The Kier molecular flexibility index (Phi) is 8.16. The minimum Gasteiger partial charge on any atom is -0.345 e. The van der Waals surface area contributed by atoms with Gasteiger partial charge in [-0.25, -0.2) is 0 Å². The molecule has 1 spiro atoms. The number of fused-ring (bicyclic) bond motifs is 1. The molecule has 3 aliphatic rings. The highest BCUT2D eigenvalue weighted by Gasteiger charge is 2.42. The largest absolute Gasteiger partial charge is 0.416 e. The SMILES string of the molecule is N#Cc1ccccc1CN1CCC2(CC1)CCN(C(=O)c1ccc3c(c1)C(NC(=O)c1cc(C(F)(F)F)ccc1Cl)CC3)C2. The standard InChI is InChI=1S/C34H32ClF3N4O2/c35-29-9-8-26(34(36,37)38)18-28(29)31(43)40-30-10-7-22-5-6-23(17-27(22)30)32(44)42-16-13-33(21-42)11-14-41(15-12-33)20-25-4-2-1-3-24(25)19-39/h1-6,8-9,17-18,30H,7,10-16,20-21H2,(H,40,43). The van der Waals surface area contributed by atoms with E-state index in [1.165, 1.54) is 0 Å². The number of hydrogen-bond donors (Lipinski definition) is 1. The number of hydrogen-bond acceptors (Lipinski definition) is 4. The number of benzene rings is 3. The number of nitrogens with zero attached hydrogens (tertiary/aromatic N) is 3. The van der Waals surface area contributed by atoms with Crippen LogP contribution in [0.2, 0.25) is 5.02 Å². The number of alkyl halides is 3. The second-order valence-corrected chi connectivity index (χ2v) is 12.6.